The van der Waals surface area contributed by atoms with Gasteiger partial charge in [-0.3, -0.25) is 0 Å². The zero-order chi connectivity index (χ0) is 15.1. The van der Waals surface area contributed by atoms with Crippen LogP contribution in [0.1, 0.15) is 35.4 Å². The predicted molar refractivity (Wildman–Crippen MR) is 88.9 cm³/mol. The molecule has 0 aliphatic heterocycles. The second-order valence-electron chi connectivity index (χ2n) is 5.60. The summed E-state index contributed by atoms with van der Waals surface area (Å²) in [6.45, 7) is 5.73. The van der Waals surface area contributed by atoms with Crippen LogP contribution in [0.3, 0.4) is 0 Å². The Labute approximate surface area is 127 Å². The van der Waals surface area contributed by atoms with Crippen molar-refractivity contribution in [1.82, 2.24) is 0 Å². The number of aryl methyl sites for hydroxylation is 2. The van der Waals surface area contributed by atoms with Gasteiger partial charge in [-0.2, -0.15) is 0 Å². The van der Waals surface area contributed by atoms with Crippen molar-refractivity contribution in [2.75, 3.05) is 13.2 Å². The summed E-state index contributed by atoms with van der Waals surface area (Å²) in [5.41, 5.74) is 10.00. The van der Waals surface area contributed by atoms with Crippen LogP contribution in [0.2, 0.25) is 0 Å². The Balaban J connectivity index is 1.86. The Kier molecular flexibility index (Phi) is 5.82. The number of benzene rings is 2. The van der Waals surface area contributed by atoms with Crippen molar-refractivity contribution < 1.29 is 4.74 Å². The molecule has 2 nitrogen and oxygen atoms in total. The van der Waals surface area contributed by atoms with Gasteiger partial charge in [-0.15, -0.1) is 0 Å². The highest BCUT2D eigenvalue weighted by molar-refractivity contribution is 5.33. The molecule has 0 aromatic heterocycles. The molecule has 0 heterocycles. The lowest BCUT2D eigenvalue weighted by Crippen LogP contribution is -2.15. The van der Waals surface area contributed by atoms with Gasteiger partial charge in [0.1, 0.15) is 5.75 Å². The van der Waals surface area contributed by atoms with Crippen LogP contribution >= 0.6 is 0 Å². The summed E-state index contributed by atoms with van der Waals surface area (Å²) in [5.74, 6) is 1.36. The molecule has 2 rings (SSSR count). The standard InChI is InChI=1S/C19H25NO/c1-15-10-11-16(2)19(13-15)17(14-20)7-6-12-21-18-8-4-3-5-9-18/h3-5,8-11,13,17H,6-7,12,14,20H2,1-2H3. The van der Waals surface area contributed by atoms with Crippen LogP contribution in [0.15, 0.2) is 48.5 Å². The van der Waals surface area contributed by atoms with E-state index in [4.69, 9.17) is 10.5 Å². The van der Waals surface area contributed by atoms with E-state index in [1.165, 1.54) is 16.7 Å². The second-order valence-corrected chi connectivity index (χ2v) is 5.60. The molecule has 2 aromatic carbocycles. The Bertz CT molecular complexity index is 551. The van der Waals surface area contributed by atoms with Gasteiger partial charge in [0.25, 0.3) is 0 Å². The third kappa shape index (κ3) is 4.61. The quantitative estimate of drug-likeness (QED) is 0.773. The Morgan fingerprint density at radius 3 is 2.52 bits per heavy atom. The fourth-order valence-electron chi connectivity index (χ4n) is 2.64. The molecule has 112 valence electrons. The molecule has 0 aliphatic rings. The molecule has 0 saturated heterocycles. The summed E-state index contributed by atoms with van der Waals surface area (Å²) in [6.07, 6.45) is 2.08. The van der Waals surface area contributed by atoms with E-state index in [2.05, 4.69) is 32.0 Å². The minimum atomic E-state index is 0.421. The van der Waals surface area contributed by atoms with Gasteiger partial charge in [0.2, 0.25) is 0 Å². The van der Waals surface area contributed by atoms with Crippen molar-refractivity contribution in [2.24, 2.45) is 5.73 Å². The van der Waals surface area contributed by atoms with Gasteiger partial charge in [0.05, 0.1) is 6.61 Å². The highest BCUT2D eigenvalue weighted by atomic mass is 16.5. The van der Waals surface area contributed by atoms with Crippen LogP contribution in [0.4, 0.5) is 0 Å². The molecule has 0 radical (unpaired) electrons. The number of ether oxygens (including phenoxy) is 1. The van der Waals surface area contributed by atoms with E-state index in [-0.39, 0.29) is 0 Å². The number of hydrogen-bond acceptors (Lipinski definition) is 2. The predicted octanol–water partition coefficient (Wildman–Crippen LogP) is 4.20. The van der Waals surface area contributed by atoms with Crippen molar-refractivity contribution in [1.29, 1.82) is 0 Å². The summed E-state index contributed by atoms with van der Waals surface area (Å²) in [4.78, 5) is 0. The highest BCUT2D eigenvalue weighted by Crippen LogP contribution is 2.24. The van der Waals surface area contributed by atoms with Crippen molar-refractivity contribution in [3.8, 4) is 5.75 Å². The molecule has 0 spiro atoms. The van der Waals surface area contributed by atoms with Gasteiger partial charge >= 0.3 is 0 Å². The summed E-state index contributed by atoms with van der Waals surface area (Å²) >= 11 is 0. The molecule has 0 aliphatic carbocycles. The van der Waals surface area contributed by atoms with Crippen LogP contribution in [-0.2, 0) is 0 Å². The monoisotopic (exact) mass is 283 g/mol. The number of para-hydroxylation sites is 1. The van der Waals surface area contributed by atoms with Crippen LogP contribution in [0.5, 0.6) is 5.75 Å². The second kappa shape index (κ2) is 7.84. The van der Waals surface area contributed by atoms with E-state index in [1.54, 1.807) is 0 Å². The lowest BCUT2D eigenvalue weighted by atomic mass is 9.90. The molecule has 0 bridgehead atoms. The van der Waals surface area contributed by atoms with Crippen LogP contribution in [-0.4, -0.2) is 13.2 Å². The number of hydrogen-bond donors (Lipinski definition) is 1. The van der Waals surface area contributed by atoms with Gasteiger partial charge in [0.15, 0.2) is 0 Å². The zero-order valence-electron chi connectivity index (χ0n) is 13.0. The summed E-state index contributed by atoms with van der Waals surface area (Å²) < 4.78 is 5.75. The molecule has 2 aromatic rings. The van der Waals surface area contributed by atoms with Crippen molar-refractivity contribution >= 4 is 0 Å². The minimum absolute atomic E-state index is 0.421. The van der Waals surface area contributed by atoms with Gasteiger partial charge < -0.3 is 10.5 Å². The van der Waals surface area contributed by atoms with Crippen LogP contribution < -0.4 is 10.5 Å². The van der Waals surface area contributed by atoms with E-state index in [0.717, 1.165) is 25.2 Å². The SMILES string of the molecule is Cc1ccc(C)c(C(CN)CCCOc2ccccc2)c1. The van der Waals surface area contributed by atoms with E-state index in [1.807, 2.05) is 30.3 Å². The Morgan fingerprint density at radius 1 is 1.05 bits per heavy atom. The average Bonchev–Trinajstić information content (AvgIpc) is 2.51. The minimum Gasteiger partial charge on any atom is -0.494 e. The molecule has 0 amide bonds. The maximum atomic E-state index is 5.98. The lowest BCUT2D eigenvalue weighted by Gasteiger charge is -2.18. The molecule has 0 fully saturated rings. The Hall–Kier alpha value is -1.80. The molecule has 1 unspecified atom stereocenters. The van der Waals surface area contributed by atoms with Gasteiger partial charge in [-0.1, -0.05) is 42.0 Å². The first-order chi connectivity index (χ1) is 10.2. The molecule has 2 N–H and O–H groups in total. The van der Waals surface area contributed by atoms with Crippen molar-refractivity contribution in [2.45, 2.75) is 32.6 Å². The molecule has 1 atom stereocenters. The molecular weight excluding hydrogens is 258 g/mol. The van der Waals surface area contributed by atoms with Crippen LogP contribution in [0, 0.1) is 13.8 Å². The summed E-state index contributed by atoms with van der Waals surface area (Å²) in [5, 5.41) is 0. The smallest absolute Gasteiger partial charge is 0.119 e. The van der Waals surface area contributed by atoms with Gasteiger partial charge in [-0.25, -0.2) is 0 Å². The molecule has 2 heteroatoms. The molecule has 21 heavy (non-hydrogen) atoms. The van der Waals surface area contributed by atoms with Crippen molar-refractivity contribution in [3.63, 3.8) is 0 Å². The first kappa shape index (κ1) is 15.6. The fourth-order valence-corrected chi connectivity index (χ4v) is 2.64. The summed E-state index contributed by atoms with van der Waals surface area (Å²) in [6, 6.07) is 16.6. The Morgan fingerprint density at radius 2 is 1.81 bits per heavy atom. The molecular formula is C19H25NO. The highest BCUT2D eigenvalue weighted by Gasteiger charge is 2.12. The number of nitrogens with two attached hydrogens (primary N) is 1. The lowest BCUT2D eigenvalue weighted by molar-refractivity contribution is 0.301. The average molecular weight is 283 g/mol. The summed E-state index contributed by atoms with van der Waals surface area (Å²) in [7, 11) is 0. The van der Waals surface area contributed by atoms with E-state index < -0.39 is 0 Å². The van der Waals surface area contributed by atoms with E-state index >= 15 is 0 Å². The zero-order valence-corrected chi connectivity index (χ0v) is 13.0. The molecule has 0 saturated carbocycles. The van der Waals surface area contributed by atoms with Gasteiger partial charge in [0, 0.05) is 0 Å². The normalized spacial score (nSPS) is 12.1. The third-order valence-corrected chi connectivity index (χ3v) is 3.87. The first-order valence-corrected chi connectivity index (χ1v) is 7.65. The largest absolute Gasteiger partial charge is 0.494 e. The fraction of sp³-hybridized carbons (Fsp3) is 0.368. The maximum Gasteiger partial charge on any atom is 0.119 e. The van der Waals surface area contributed by atoms with Crippen LogP contribution in [0.25, 0.3) is 0 Å². The van der Waals surface area contributed by atoms with Crippen molar-refractivity contribution in [3.05, 3.63) is 65.2 Å². The van der Waals surface area contributed by atoms with E-state index in [9.17, 15) is 0 Å². The number of rotatable bonds is 7. The van der Waals surface area contributed by atoms with E-state index in [0.29, 0.717) is 12.5 Å². The third-order valence-electron chi connectivity index (χ3n) is 3.87. The van der Waals surface area contributed by atoms with Gasteiger partial charge in [-0.05, 0) is 62.4 Å². The topological polar surface area (TPSA) is 35.2 Å². The first-order valence-electron chi connectivity index (χ1n) is 7.65. The maximum absolute atomic E-state index is 5.98.